The van der Waals surface area contributed by atoms with E-state index in [4.69, 9.17) is 10.5 Å². The maximum Gasteiger partial charge on any atom is 0.193 e. The van der Waals surface area contributed by atoms with E-state index in [1.807, 2.05) is 36.5 Å². The number of hydrogen-bond donors (Lipinski definition) is 2. The molecule has 0 aliphatic heterocycles. The minimum absolute atomic E-state index is 0. The van der Waals surface area contributed by atoms with E-state index in [0.29, 0.717) is 18.5 Å². The van der Waals surface area contributed by atoms with Gasteiger partial charge in [-0.25, -0.2) is 4.99 Å². The number of methoxy groups -OCH3 is 1. The molecule has 6 nitrogen and oxygen atoms in total. The second-order valence-corrected chi connectivity index (χ2v) is 5.78. The number of anilines is 1. The summed E-state index contributed by atoms with van der Waals surface area (Å²) in [7, 11) is 1.64. The number of nitrogens with two attached hydrogens (primary N) is 1. The summed E-state index contributed by atoms with van der Waals surface area (Å²) < 4.78 is 7.26. The normalized spacial score (nSPS) is 15.1. The van der Waals surface area contributed by atoms with E-state index in [2.05, 4.69) is 20.1 Å². The second kappa shape index (κ2) is 8.91. The van der Waals surface area contributed by atoms with Crippen LogP contribution in [0.1, 0.15) is 37.4 Å². The molecule has 1 fully saturated rings. The zero-order valence-corrected chi connectivity index (χ0v) is 16.1. The van der Waals surface area contributed by atoms with Crippen molar-refractivity contribution in [2.75, 3.05) is 12.4 Å². The first-order valence-corrected chi connectivity index (χ1v) is 7.99. The van der Waals surface area contributed by atoms with Crippen molar-refractivity contribution < 1.29 is 4.74 Å². The molecule has 1 aliphatic carbocycles. The maximum absolute atomic E-state index is 5.94. The van der Waals surface area contributed by atoms with Crippen LogP contribution in [-0.4, -0.2) is 22.8 Å². The van der Waals surface area contributed by atoms with Gasteiger partial charge in [0, 0.05) is 18.0 Å². The van der Waals surface area contributed by atoms with Gasteiger partial charge in [-0.1, -0.05) is 18.9 Å². The lowest BCUT2D eigenvalue weighted by molar-refractivity contribution is 0.415. The van der Waals surface area contributed by atoms with Gasteiger partial charge in [-0.15, -0.1) is 24.0 Å². The average molecular weight is 441 g/mol. The van der Waals surface area contributed by atoms with Crippen LogP contribution in [0, 0.1) is 0 Å². The Morgan fingerprint density at radius 3 is 2.92 bits per heavy atom. The smallest absolute Gasteiger partial charge is 0.193 e. The molecule has 1 aliphatic rings. The van der Waals surface area contributed by atoms with Crippen LogP contribution in [0.15, 0.2) is 41.5 Å². The van der Waals surface area contributed by atoms with E-state index in [-0.39, 0.29) is 24.0 Å². The highest BCUT2D eigenvalue weighted by molar-refractivity contribution is 14.0. The predicted octanol–water partition coefficient (Wildman–Crippen LogP) is 3.55. The third-order valence-corrected chi connectivity index (χ3v) is 4.12. The monoisotopic (exact) mass is 441 g/mol. The van der Waals surface area contributed by atoms with Gasteiger partial charge in [0.2, 0.25) is 0 Å². The van der Waals surface area contributed by atoms with Crippen molar-refractivity contribution in [1.82, 2.24) is 9.78 Å². The quantitative estimate of drug-likeness (QED) is 0.423. The first-order chi connectivity index (χ1) is 11.2. The Morgan fingerprint density at radius 1 is 1.38 bits per heavy atom. The lowest BCUT2D eigenvalue weighted by Crippen LogP contribution is -2.22. The Morgan fingerprint density at radius 2 is 2.17 bits per heavy atom. The molecule has 3 rings (SSSR count). The molecule has 24 heavy (non-hydrogen) atoms. The van der Waals surface area contributed by atoms with Crippen LogP contribution in [-0.2, 0) is 6.54 Å². The molecule has 0 saturated heterocycles. The summed E-state index contributed by atoms with van der Waals surface area (Å²) in [6.45, 7) is 0.475. The lowest BCUT2D eigenvalue weighted by atomic mass is 10.3. The molecule has 0 bridgehead atoms. The highest BCUT2D eigenvalue weighted by atomic mass is 127. The first kappa shape index (κ1) is 18.6. The zero-order chi connectivity index (χ0) is 16.1. The van der Waals surface area contributed by atoms with Crippen molar-refractivity contribution in [1.29, 1.82) is 0 Å². The van der Waals surface area contributed by atoms with Crippen LogP contribution in [0.3, 0.4) is 0 Å². The molecule has 1 heterocycles. The predicted molar refractivity (Wildman–Crippen MR) is 107 cm³/mol. The molecule has 7 heteroatoms. The molecule has 1 saturated carbocycles. The molecule has 0 radical (unpaired) electrons. The van der Waals surface area contributed by atoms with Crippen molar-refractivity contribution in [2.24, 2.45) is 10.7 Å². The Hall–Kier alpha value is -1.77. The molecule has 3 N–H and O–H groups in total. The van der Waals surface area contributed by atoms with Gasteiger partial charge in [0.1, 0.15) is 5.75 Å². The molecule has 0 spiro atoms. The van der Waals surface area contributed by atoms with Gasteiger partial charge >= 0.3 is 0 Å². The number of hydrogen-bond acceptors (Lipinski definition) is 3. The Labute approximate surface area is 159 Å². The molecule has 0 atom stereocenters. The standard InChI is InChI=1S/C17H23N5O.HI/c1-23-16-8-4-5-13(11-16)20-17(18)19-12-14-9-10-22(21-14)15-6-2-3-7-15;/h4-5,8-11,15H,2-3,6-7,12H2,1H3,(H3,18,19,20);1H. The van der Waals surface area contributed by atoms with Gasteiger partial charge in [-0.05, 0) is 31.0 Å². The maximum atomic E-state index is 5.94. The van der Waals surface area contributed by atoms with Gasteiger partial charge < -0.3 is 15.8 Å². The molecule has 0 unspecified atom stereocenters. The summed E-state index contributed by atoms with van der Waals surface area (Å²) in [5, 5.41) is 7.67. The minimum atomic E-state index is 0. The van der Waals surface area contributed by atoms with Crippen molar-refractivity contribution >= 4 is 35.6 Å². The number of guanidine groups is 1. The van der Waals surface area contributed by atoms with E-state index in [1.54, 1.807) is 7.11 Å². The van der Waals surface area contributed by atoms with Crippen LogP contribution in [0.2, 0.25) is 0 Å². The Balaban J connectivity index is 0.00000208. The van der Waals surface area contributed by atoms with E-state index in [1.165, 1.54) is 25.7 Å². The van der Waals surface area contributed by atoms with Crippen molar-refractivity contribution in [3.05, 3.63) is 42.2 Å². The van der Waals surface area contributed by atoms with E-state index < -0.39 is 0 Å². The number of rotatable bonds is 5. The summed E-state index contributed by atoms with van der Waals surface area (Å²) in [5.74, 6) is 1.15. The van der Waals surface area contributed by atoms with Gasteiger partial charge in [-0.3, -0.25) is 4.68 Å². The summed E-state index contributed by atoms with van der Waals surface area (Å²) in [5.41, 5.74) is 7.72. The second-order valence-electron chi connectivity index (χ2n) is 5.78. The summed E-state index contributed by atoms with van der Waals surface area (Å²) in [6, 6.07) is 10.1. The SMILES string of the molecule is COc1cccc(NC(N)=NCc2ccn(C3CCCC3)n2)c1.I. The van der Waals surface area contributed by atoms with Crippen LogP contribution in [0.25, 0.3) is 0 Å². The fourth-order valence-electron chi connectivity index (χ4n) is 2.89. The third-order valence-electron chi connectivity index (χ3n) is 4.12. The largest absolute Gasteiger partial charge is 0.497 e. The topological polar surface area (TPSA) is 77.5 Å². The summed E-state index contributed by atoms with van der Waals surface area (Å²) in [6.07, 6.45) is 7.10. The Bertz CT molecular complexity index is 679. The number of nitrogens with one attached hydrogen (secondary N) is 1. The van der Waals surface area contributed by atoms with E-state index >= 15 is 0 Å². The van der Waals surface area contributed by atoms with Crippen molar-refractivity contribution in [3.8, 4) is 5.75 Å². The number of aliphatic imine (C=N–C) groups is 1. The van der Waals surface area contributed by atoms with E-state index in [9.17, 15) is 0 Å². The van der Waals surface area contributed by atoms with Gasteiger partial charge in [0.25, 0.3) is 0 Å². The Kier molecular flexibility index (Phi) is 6.89. The van der Waals surface area contributed by atoms with Crippen LogP contribution in [0.4, 0.5) is 5.69 Å². The highest BCUT2D eigenvalue weighted by Gasteiger charge is 2.17. The minimum Gasteiger partial charge on any atom is -0.497 e. The molecule has 0 amide bonds. The summed E-state index contributed by atoms with van der Waals surface area (Å²) in [4.78, 5) is 4.35. The van der Waals surface area contributed by atoms with Gasteiger partial charge in [-0.2, -0.15) is 5.10 Å². The van der Waals surface area contributed by atoms with Crippen LogP contribution < -0.4 is 15.8 Å². The summed E-state index contributed by atoms with van der Waals surface area (Å²) >= 11 is 0. The average Bonchev–Trinajstić information content (AvgIpc) is 3.24. The van der Waals surface area contributed by atoms with Crippen molar-refractivity contribution in [2.45, 2.75) is 38.3 Å². The fourth-order valence-corrected chi connectivity index (χ4v) is 2.89. The molecule has 1 aromatic carbocycles. The molecular formula is C17H24IN5O. The van der Waals surface area contributed by atoms with Gasteiger partial charge in [0.15, 0.2) is 5.96 Å². The first-order valence-electron chi connectivity index (χ1n) is 7.99. The number of nitrogens with zero attached hydrogens (tertiary/aromatic N) is 3. The van der Waals surface area contributed by atoms with E-state index in [0.717, 1.165) is 17.1 Å². The van der Waals surface area contributed by atoms with Crippen molar-refractivity contribution in [3.63, 3.8) is 0 Å². The van der Waals surface area contributed by atoms with Crippen LogP contribution >= 0.6 is 24.0 Å². The molecular weight excluding hydrogens is 417 g/mol. The highest BCUT2D eigenvalue weighted by Crippen LogP contribution is 2.28. The fraction of sp³-hybridized carbons (Fsp3) is 0.412. The molecule has 1 aromatic heterocycles. The molecule has 130 valence electrons. The third kappa shape index (κ3) is 4.86. The van der Waals surface area contributed by atoms with Gasteiger partial charge in [0.05, 0.1) is 25.4 Å². The lowest BCUT2D eigenvalue weighted by Gasteiger charge is -2.08. The molecule has 2 aromatic rings. The number of benzene rings is 1. The number of ether oxygens (including phenoxy) is 1. The zero-order valence-electron chi connectivity index (χ0n) is 13.8. The van der Waals surface area contributed by atoms with Crippen LogP contribution in [0.5, 0.6) is 5.75 Å². The number of halogens is 1. The number of aromatic nitrogens is 2.